The molecule has 0 radical (unpaired) electrons. The summed E-state index contributed by atoms with van der Waals surface area (Å²) in [6.07, 6.45) is 3.01. The third kappa shape index (κ3) is 4.53. The van der Waals surface area contributed by atoms with Crippen LogP contribution in [0, 0.1) is 0 Å². The summed E-state index contributed by atoms with van der Waals surface area (Å²) in [6.45, 7) is 3.85. The van der Waals surface area contributed by atoms with E-state index in [1.165, 1.54) is 23.1 Å². The summed E-state index contributed by atoms with van der Waals surface area (Å²) < 4.78 is 40.5. The number of rotatable bonds is 5. The van der Waals surface area contributed by atoms with Gasteiger partial charge in [0.05, 0.1) is 10.5 Å². The van der Waals surface area contributed by atoms with Gasteiger partial charge in [-0.1, -0.05) is 0 Å². The summed E-state index contributed by atoms with van der Waals surface area (Å²) in [6, 6.07) is 9.29. The average Bonchev–Trinajstić information content (AvgIpc) is 3.21. The van der Waals surface area contributed by atoms with Crippen molar-refractivity contribution in [3.63, 3.8) is 0 Å². The maximum Gasteiger partial charge on any atom is 0.345 e. The van der Waals surface area contributed by atoms with E-state index in [0.717, 1.165) is 11.8 Å². The van der Waals surface area contributed by atoms with Crippen molar-refractivity contribution in [3.8, 4) is 23.1 Å². The number of carbonyl (C=O) groups excluding carboxylic acids is 1. The monoisotopic (exact) mass is 443 g/mol. The van der Waals surface area contributed by atoms with Crippen molar-refractivity contribution in [2.45, 2.75) is 30.8 Å². The van der Waals surface area contributed by atoms with Gasteiger partial charge in [0.15, 0.2) is 9.84 Å². The second-order valence-corrected chi connectivity index (χ2v) is 9.91. The smallest absolute Gasteiger partial charge is 0.345 e. The number of aryl methyl sites for hydroxylation is 1. The minimum Gasteiger partial charge on any atom is -0.487 e. The molecule has 0 bridgehead atoms. The normalized spacial score (nSPS) is 14.6. The zero-order chi connectivity index (χ0) is 22.4. The van der Waals surface area contributed by atoms with Crippen LogP contribution >= 0.6 is 0 Å². The van der Waals surface area contributed by atoms with Crippen LogP contribution in [0.15, 0.2) is 47.5 Å². The minimum absolute atomic E-state index is 0.0853. The van der Waals surface area contributed by atoms with Crippen molar-refractivity contribution in [3.05, 3.63) is 53.7 Å². The molecule has 0 spiro atoms. The molecule has 9 nitrogen and oxygen atoms in total. The minimum atomic E-state index is -3.31. The van der Waals surface area contributed by atoms with Gasteiger partial charge in [0.2, 0.25) is 0 Å². The van der Waals surface area contributed by atoms with Gasteiger partial charge < -0.3 is 14.2 Å². The summed E-state index contributed by atoms with van der Waals surface area (Å²) in [7, 11) is -1.69. The Kier molecular flexibility index (Phi) is 4.97. The van der Waals surface area contributed by atoms with Gasteiger partial charge in [0.1, 0.15) is 29.0 Å². The van der Waals surface area contributed by atoms with Gasteiger partial charge in [0.25, 0.3) is 5.88 Å². The Hall–Kier alpha value is -3.40. The molecule has 0 aliphatic carbocycles. The van der Waals surface area contributed by atoms with Crippen LogP contribution in [-0.2, 0) is 23.3 Å². The van der Waals surface area contributed by atoms with E-state index in [2.05, 4.69) is 10.2 Å². The van der Waals surface area contributed by atoms with E-state index in [-0.39, 0.29) is 10.8 Å². The van der Waals surface area contributed by atoms with Crippen molar-refractivity contribution in [2.24, 2.45) is 7.05 Å². The second-order valence-electron chi connectivity index (χ2n) is 7.89. The summed E-state index contributed by atoms with van der Waals surface area (Å²) in [5.41, 5.74) is 0.537. The SMILES string of the molecule is Cn1ncc(OC(=O)c2cc(Oc3ccc(S(C)(=O)=O)cc3)cc3c2CC(C)(C)O3)n1. The first-order valence-electron chi connectivity index (χ1n) is 9.43. The van der Waals surface area contributed by atoms with Crippen LogP contribution in [0.2, 0.25) is 0 Å². The number of sulfone groups is 1. The van der Waals surface area contributed by atoms with E-state index in [0.29, 0.717) is 29.2 Å². The average molecular weight is 443 g/mol. The molecule has 1 aliphatic rings. The highest BCUT2D eigenvalue weighted by molar-refractivity contribution is 7.90. The molecule has 1 aromatic heterocycles. The molecule has 31 heavy (non-hydrogen) atoms. The van der Waals surface area contributed by atoms with Crippen LogP contribution in [0.5, 0.6) is 23.1 Å². The first kappa shape index (κ1) is 20.9. The van der Waals surface area contributed by atoms with E-state index >= 15 is 0 Å². The fourth-order valence-corrected chi connectivity index (χ4v) is 3.94. The fourth-order valence-electron chi connectivity index (χ4n) is 3.31. The molecule has 0 amide bonds. The molecule has 2 aromatic carbocycles. The highest BCUT2D eigenvalue weighted by atomic mass is 32.2. The molecule has 4 rings (SSSR count). The Labute approximate surface area is 179 Å². The number of aromatic nitrogens is 3. The van der Waals surface area contributed by atoms with Crippen LogP contribution in [0.4, 0.5) is 0 Å². The molecular weight excluding hydrogens is 422 g/mol. The lowest BCUT2D eigenvalue weighted by atomic mass is 9.97. The number of carbonyl (C=O) groups is 1. The second kappa shape index (κ2) is 7.38. The van der Waals surface area contributed by atoms with Crippen molar-refractivity contribution in [1.29, 1.82) is 0 Å². The van der Waals surface area contributed by atoms with Crippen molar-refractivity contribution in [1.82, 2.24) is 15.0 Å². The Bertz CT molecular complexity index is 1260. The molecule has 0 atom stereocenters. The molecule has 162 valence electrons. The van der Waals surface area contributed by atoms with E-state index in [9.17, 15) is 13.2 Å². The summed E-state index contributed by atoms with van der Waals surface area (Å²) in [5.74, 6) is 0.784. The predicted molar refractivity (Wildman–Crippen MR) is 110 cm³/mol. The lowest BCUT2D eigenvalue weighted by molar-refractivity contribution is 0.0725. The van der Waals surface area contributed by atoms with Gasteiger partial charge in [-0.25, -0.2) is 13.2 Å². The lowest BCUT2D eigenvalue weighted by Gasteiger charge is -2.16. The summed E-state index contributed by atoms with van der Waals surface area (Å²) in [5, 5.41) is 7.86. The van der Waals surface area contributed by atoms with E-state index in [1.807, 2.05) is 13.8 Å². The van der Waals surface area contributed by atoms with Gasteiger partial charge in [0, 0.05) is 31.4 Å². The Balaban J connectivity index is 1.66. The number of esters is 1. The van der Waals surface area contributed by atoms with Crippen LogP contribution in [-0.4, -0.2) is 41.2 Å². The summed E-state index contributed by atoms with van der Waals surface area (Å²) >= 11 is 0. The predicted octanol–water partition coefficient (Wildman–Crippen LogP) is 2.94. The molecular formula is C21H21N3O6S. The van der Waals surface area contributed by atoms with Gasteiger partial charge in [-0.15, -0.1) is 5.10 Å². The topological polar surface area (TPSA) is 110 Å². The van der Waals surface area contributed by atoms with Crippen molar-refractivity contribution < 1.29 is 27.4 Å². The number of benzene rings is 2. The first-order chi connectivity index (χ1) is 14.5. The van der Waals surface area contributed by atoms with Gasteiger partial charge in [-0.3, -0.25) is 0 Å². The van der Waals surface area contributed by atoms with Crippen LogP contribution < -0.4 is 14.2 Å². The third-order valence-corrected chi connectivity index (χ3v) is 5.78. The molecule has 0 unspecified atom stereocenters. The number of hydrogen-bond donors (Lipinski definition) is 0. The molecule has 3 aromatic rings. The van der Waals surface area contributed by atoms with Gasteiger partial charge >= 0.3 is 5.97 Å². The standard InChI is InChI=1S/C21H21N3O6S/c1-21(2)11-17-16(20(25)29-19-12-22-24(3)23-19)9-14(10-18(17)30-21)28-13-5-7-15(8-6-13)31(4,26)27/h5-10,12H,11H2,1-4H3. The first-order valence-corrected chi connectivity index (χ1v) is 11.3. The number of fused-ring (bicyclic) bond motifs is 1. The maximum absolute atomic E-state index is 12.9. The molecule has 1 aliphatic heterocycles. The Morgan fingerprint density at radius 2 is 1.87 bits per heavy atom. The van der Waals surface area contributed by atoms with Gasteiger partial charge in [-0.05, 0) is 44.2 Å². The Morgan fingerprint density at radius 1 is 1.16 bits per heavy atom. The molecule has 10 heteroatoms. The highest BCUT2D eigenvalue weighted by Crippen LogP contribution is 2.41. The largest absolute Gasteiger partial charge is 0.487 e. The van der Waals surface area contributed by atoms with Crippen LogP contribution in [0.25, 0.3) is 0 Å². The van der Waals surface area contributed by atoms with Gasteiger partial charge in [-0.2, -0.15) is 9.90 Å². The van der Waals surface area contributed by atoms with E-state index in [4.69, 9.17) is 14.2 Å². The van der Waals surface area contributed by atoms with E-state index < -0.39 is 21.4 Å². The quantitative estimate of drug-likeness (QED) is 0.554. The van der Waals surface area contributed by atoms with Crippen LogP contribution in [0.3, 0.4) is 0 Å². The van der Waals surface area contributed by atoms with Crippen LogP contribution in [0.1, 0.15) is 29.8 Å². The molecule has 0 fully saturated rings. The van der Waals surface area contributed by atoms with E-state index in [1.54, 1.807) is 31.3 Å². The van der Waals surface area contributed by atoms with Crippen molar-refractivity contribution >= 4 is 15.8 Å². The number of hydrogen-bond acceptors (Lipinski definition) is 8. The Morgan fingerprint density at radius 3 is 2.48 bits per heavy atom. The highest BCUT2D eigenvalue weighted by Gasteiger charge is 2.35. The lowest BCUT2D eigenvalue weighted by Crippen LogP contribution is -2.25. The fraction of sp³-hybridized carbons (Fsp3) is 0.286. The third-order valence-electron chi connectivity index (χ3n) is 4.65. The number of ether oxygens (including phenoxy) is 3. The maximum atomic E-state index is 12.9. The molecule has 0 N–H and O–H groups in total. The van der Waals surface area contributed by atoms with Crippen molar-refractivity contribution in [2.75, 3.05) is 6.26 Å². The molecule has 0 saturated heterocycles. The molecule has 0 saturated carbocycles. The molecule has 2 heterocycles. The summed E-state index contributed by atoms with van der Waals surface area (Å²) in [4.78, 5) is 14.4. The number of nitrogens with zero attached hydrogens (tertiary/aromatic N) is 3. The zero-order valence-corrected chi connectivity index (χ0v) is 18.3. The zero-order valence-electron chi connectivity index (χ0n) is 17.4.